The molecule has 5 heteroatoms. The number of aromatic nitrogens is 1. The van der Waals surface area contributed by atoms with Crippen LogP contribution in [0.15, 0.2) is 48.8 Å². The number of rotatable bonds is 5. The van der Waals surface area contributed by atoms with Crippen molar-refractivity contribution in [2.75, 3.05) is 20.6 Å². The van der Waals surface area contributed by atoms with Gasteiger partial charge < -0.3 is 10.2 Å². The Balaban J connectivity index is 2.06. The fraction of sp³-hybridized carbons (Fsp3) is 0.250. The molecule has 1 aromatic heterocycles. The van der Waals surface area contributed by atoms with Gasteiger partial charge in [-0.15, -0.1) is 0 Å². The van der Waals surface area contributed by atoms with Gasteiger partial charge in [0.25, 0.3) is 5.91 Å². The van der Waals surface area contributed by atoms with E-state index in [0.717, 1.165) is 5.56 Å². The lowest BCUT2D eigenvalue weighted by atomic mass is 10.1. The maximum absolute atomic E-state index is 12.1. The molecule has 2 aromatic rings. The van der Waals surface area contributed by atoms with E-state index in [1.807, 2.05) is 38.4 Å². The lowest BCUT2D eigenvalue weighted by Gasteiger charge is -2.25. The molecule has 0 bridgehead atoms. The van der Waals surface area contributed by atoms with Crippen LogP contribution in [-0.2, 0) is 0 Å². The number of amides is 1. The first kappa shape index (κ1) is 15.5. The molecule has 1 unspecified atom stereocenters. The largest absolute Gasteiger partial charge is 0.350 e. The van der Waals surface area contributed by atoms with Crippen molar-refractivity contribution in [2.45, 2.75) is 6.04 Å². The van der Waals surface area contributed by atoms with Gasteiger partial charge in [-0.2, -0.15) is 0 Å². The third kappa shape index (κ3) is 4.28. The highest BCUT2D eigenvalue weighted by Gasteiger charge is 2.16. The summed E-state index contributed by atoms with van der Waals surface area (Å²) >= 11 is 6.04. The molecule has 0 radical (unpaired) electrons. The van der Waals surface area contributed by atoms with Crippen molar-refractivity contribution in [2.24, 2.45) is 0 Å². The Bertz CT molecular complexity index is 601. The Hall–Kier alpha value is -1.91. The lowest BCUT2D eigenvalue weighted by Crippen LogP contribution is -2.34. The Morgan fingerprint density at radius 3 is 2.76 bits per heavy atom. The number of pyridine rings is 1. The number of benzene rings is 1. The zero-order chi connectivity index (χ0) is 15.2. The van der Waals surface area contributed by atoms with Crippen LogP contribution in [0.25, 0.3) is 0 Å². The summed E-state index contributed by atoms with van der Waals surface area (Å²) in [5.74, 6) is -0.128. The average Bonchev–Trinajstić information content (AvgIpc) is 2.48. The summed E-state index contributed by atoms with van der Waals surface area (Å²) in [7, 11) is 3.95. The van der Waals surface area contributed by atoms with E-state index in [1.165, 1.54) is 0 Å². The van der Waals surface area contributed by atoms with Gasteiger partial charge in [-0.3, -0.25) is 9.78 Å². The minimum atomic E-state index is -0.128. The van der Waals surface area contributed by atoms with E-state index >= 15 is 0 Å². The summed E-state index contributed by atoms with van der Waals surface area (Å²) in [4.78, 5) is 18.1. The molecule has 0 saturated heterocycles. The van der Waals surface area contributed by atoms with Gasteiger partial charge in [0.05, 0.1) is 11.6 Å². The fourth-order valence-corrected chi connectivity index (χ4v) is 2.30. The first-order chi connectivity index (χ1) is 10.1. The number of carbonyl (C=O) groups excluding carboxylic acids is 1. The zero-order valence-electron chi connectivity index (χ0n) is 12.1. The van der Waals surface area contributed by atoms with Crippen molar-refractivity contribution in [1.29, 1.82) is 0 Å². The van der Waals surface area contributed by atoms with Crippen molar-refractivity contribution < 1.29 is 4.79 Å². The van der Waals surface area contributed by atoms with Crippen LogP contribution in [0.5, 0.6) is 0 Å². The Labute approximate surface area is 129 Å². The molecule has 4 nitrogen and oxygen atoms in total. The van der Waals surface area contributed by atoms with Crippen molar-refractivity contribution in [1.82, 2.24) is 15.2 Å². The monoisotopic (exact) mass is 303 g/mol. The highest BCUT2D eigenvalue weighted by Crippen LogP contribution is 2.21. The SMILES string of the molecule is CN(C)C(CNC(=O)c1cccnc1)c1cccc(Cl)c1. The van der Waals surface area contributed by atoms with Crippen LogP contribution < -0.4 is 5.32 Å². The molecule has 110 valence electrons. The minimum absolute atomic E-state index is 0.0596. The predicted molar refractivity (Wildman–Crippen MR) is 84.5 cm³/mol. The van der Waals surface area contributed by atoms with Gasteiger partial charge in [-0.05, 0) is 43.9 Å². The third-order valence-electron chi connectivity index (χ3n) is 3.24. The van der Waals surface area contributed by atoms with Crippen molar-refractivity contribution >= 4 is 17.5 Å². The number of halogens is 1. The number of nitrogens with zero attached hydrogens (tertiary/aromatic N) is 2. The Morgan fingerprint density at radius 1 is 1.33 bits per heavy atom. The summed E-state index contributed by atoms with van der Waals surface area (Å²) in [5.41, 5.74) is 1.63. The van der Waals surface area contributed by atoms with E-state index in [0.29, 0.717) is 17.1 Å². The maximum atomic E-state index is 12.1. The van der Waals surface area contributed by atoms with Gasteiger partial charge in [-0.25, -0.2) is 0 Å². The van der Waals surface area contributed by atoms with Gasteiger partial charge in [-0.1, -0.05) is 23.7 Å². The summed E-state index contributed by atoms with van der Waals surface area (Å²) in [6, 6.07) is 11.2. The quantitative estimate of drug-likeness (QED) is 0.924. The first-order valence-corrected chi connectivity index (χ1v) is 7.06. The Morgan fingerprint density at radius 2 is 2.14 bits per heavy atom. The van der Waals surface area contributed by atoms with Crippen LogP contribution >= 0.6 is 11.6 Å². The van der Waals surface area contributed by atoms with Crippen LogP contribution in [0.4, 0.5) is 0 Å². The molecule has 1 N–H and O–H groups in total. The predicted octanol–water partition coefficient (Wildman–Crippen LogP) is 2.77. The van der Waals surface area contributed by atoms with Crippen LogP contribution in [0, 0.1) is 0 Å². The van der Waals surface area contributed by atoms with Gasteiger partial charge >= 0.3 is 0 Å². The molecular weight excluding hydrogens is 286 g/mol. The molecule has 1 heterocycles. The summed E-state index contributed by atoms with van der Waals surface area (Å²) in [6.45, 7) is 0.501. The molecule has 1 atom stereocenters. The molecule has 0 spiro atoms. The lowest BCUT2D eigenvalue weighted by molar-refractivity contribution is 0.0941. The first-order valence-electron chi connectivity index (χ1n) is 6.68. The summed E-state index contributed by atoms with van der Waals surface area (Å²) in [6.07, 6.45) is 3.20. The van der Waals surface area contributed by atoms with Crippen molar-refractivity contribution in [3.05, 3.63) is 64.9 Å². The summed E-state index contributed by atoms with van der Waals surface area (Å²) < 4.78 is 0. The standard InChI is InChI=1S/C16H18ClN3O/c1-20(2)15(12-5-3-7-14(17)9-12)11-19-16(21)13-6-4-8-18-10-13/h3-10,15H,11H2,1-2H3,(H,19,21). The third-order valence-corrected chi connectivity index (χ3v) is 3.47. The van der Waals surface area contributed by atoms with Crippen molar-refractivity contribution in [3.8, 4) is 0 Å². The number of hydrogen-bond acceptors (Lipinski definition) is 3. The van der Waals surface area contributed by atoms with Gasteiger partial charge in [0, 0.05) is 24.0 Å². The molecule has 0 aliphatic rings. The maximum Gasteiger partial charge on any atom is 0.252 e. The van der Waals surface area contributed by atoms with E-state index < -0.39 is 0 Å². The second kappa shape index (κ2) is 7.20. The molecule has 21 heavy (non-hydrogen) atoms. The number of hydrogen-bond donors (Lipinski definition) is 1. The molecule has 2 rings (SSSR count). The highest BCUT2D eigenvalue weighted by atomic mass is 35.5. The second-order valence-electron chi connectivity index (χ2n) is 4.99. The molecule has 0 fully saturated rings. The molecule has 0 saturated carbocycles. The normalized spacial score (nSPS) is 12.2. The topological polar surface area (TPSA) is 45.2 Å². The van der Waals surface area contributed by atoms with Gasteiger partial charge in [0.2, 0.25) is 0 Å². The molecular formula is C16H18ClN3O. The highest BCUT2D eigenvalue weighted by molar-refractivity contribution is 6.30. The summed E-state index contributed by atoms with van der Waals surface area (Å²) in [5, 5.41) is 3.63. The number of nitrogens with one attached hydrogen (secondary N) is 1. The zero-order valence-corrected chi connectivity index (χ0v) is 12.8. The van der Waals surface area contributed by atoms with E-state index in [9.17, 15) is 4.79 Å². The molecule has 1 aromatic carbocycles. The van der Waals surface area contributed by atoms with Crippen molar-refractivity contribution in [3.63, 3.8) is 0 Å². The number of likely N-dealkylation sites (N-methyl/N-ethyl adjacent to an activating group) is 1. The molecule has 1 amide bonds. The van der Waals surface area contributed by atoms with E-state index in [-0.39, 0.29) is 11.9 Å². The minimum Gasteiger partial charge on any atom is -0.350 e. The second-order valence-corrected chi connectivity index (χ2v) is 5.42. The van der Waals surface area contributed by atoms with E-state index in [1.54, 1.807) is 24.5 Å². The van der Waals surface area contributed by atoms with Crippen LogP contribution in [0.1, 0.15) is 22.0 Å². The molecule has 0 aliphatic heterocycles. The molecule has 0 aliphatic carbocycles. The van der Waals surface area contributed by atoms with E-state index in [2.05, 4.69) is 15.2 Å². The van der Waals surface area contributed by atoms with Crippen LogP contribution in [0.3, 0.4) is 0 Å². The van der Waals surface area contributed by atoms with Gasteiger partial charge in [0.15, 0.2) is 0 Å². The van der Waals surface area contributed by atoms with Crippen LogP contribution in [-0.4, -0.2) is 36.4 Å². The Kier molecular flexibility index (Phi) is 5.31. The van der Waals surface area contributed by atoms with Gasteiger partial charge in [0.1, 0.15) is 0 Å². The van der Waals surface area contributed by atoms with E-state index in [4.69, 9.17) is 11.6 Å². The van der Waals surface area contributed by atoms with Crippen LogP contribution in [0.2, 0.25) is 5.02 Å². The average molecular weight is 304 g/mol. The number of carbonyl (C=O) groups is 1. The fourth-order valence-electron chi connectivity index (χ4n) is 2.10. The smallest absolute Gasteiger partial charge is 0.252 e.